The molecule has 7 heteroatoms. The average molecular weight is 505 g/mol. The number of pyridine rings is 1. The van der Waals surface area contributed by atoms with E-state index in [0.29, 0.717) is 35.1 Å². The molecule has 0 saturated heterocycles. The molecule has 1 unspecified atom stereocenters. The van der Waals surface area contributed by atoms with Gasteiger partial charge in [0.25, 0.3) is 5.91 Å². The van der Waals surface area contributed by atoms with Crippen LogP contribution in [0.25, 0.3) is 11.0 Å². The molecule has 4 aromatic rings. The third-order valence-corrected chi connectivity index (χ3v) is 6.73. The molecule has 37 heavy (non-hydrogen) atoms. The molecule has 2 aromatic carbocycles. The minimum absolute atomic E-state index is 0.00182. The Morgan fingerprint density at radius 1 is 0.973 bits per heavy atom. The van der Waals surface area contributed by atoms with Crippen molar-refractivity contribution in [3.8, 4) is 0 Å². The topological polar surface area (TPSA) is 69.8 Å². The van der Waals surface area contributed by atoms with Crippen molar-refractivity contribution in [2.24, 2.45) is 0 Å². The van der Waals surface area contributed by atoms with Crippen LogP contribution in [0.3, 0.4) is 0 Å². The normalized spacial score (nSPS) is 12.0. The number of hydrogen-bond donors (Lipinski definition) is 3. The van der Waals surface area contributed by atoms with Crippen molar-refractivity contribution < 1.29 is 13.6 Å². The van der Waals surface area contributed by atoms with Gasteiger partial charge in [-0.1, -0.05) is 58.2 Å². The van der Waals surface area contributed by atoms with Gasteiger partial charge in [0.2, 0.25) is 0 Å². The van der Waals surface area contributed by atoms with Crippen molar-refractivity contribution in [1.82, 2.24) is 9.97 Å². The Bertz CT molecular complexity index is 1360. The first-order chi connectivity index (χ1) is 17.9. The molecule has 0 fully saturated rings. The molecule has 0 radical (unpaired) electrons. The van der Waals surface area contributed by atoms with Crippen LogP contribution in [0.15, 0.2) is 54.6 Å². The number of anilines is 3. The highest BCUT2D eigenvalue weighted by molar-refractivity contribution is 6.09. The summed E-state index contributed by atoms with van der Waals surface area (Å²) in [5.74, 6) is -1.20. The number of benzene rings is 2. The van der Waals surface area contributed by atoms with Gasteiger partial charge >= 0.3 is 0 Å². The van der Waals surface area contributed by atoms with E-state index in [1.54, 1.807) is 12.1 Å². The minimum Gasteiger partial charge on any atom is -0.341 e. The molecular weight excluding hydrogens is 470 g/mol. The van der Waals surface area contributed by atoms with E-state index in [-0.39, 0.29) is 11.6 Å². The van der Waals surface area contributed by atoms with Gasteiger partial charge in [-0.15, -0.1) is 0 Å². The first kappa shape index (κ1) is 26.3. The highest BCUT2D eigenvalue weighted by Gasteiger charge is 2.17. The molecule has 0 bridgehead atoms. The molecule has 5 nitrogen and oxygen atoms in total. The number of hydrogen-bond acceptors (Lipinski definition) is 3. The molecule has 3 N–H and O–H groups in total. The number of fused-ring (bicyclic) bond motifs is 1. The maximum Gasteiger partial charge on any atom is 0.255 e. The molecule has 4 rings (SSSR count). The monoisotopic (exact) mass is 504 g/mol. The fourth-order valence-corrected chi connectivity index (χ4v) is 4.71. The summed E-state index contributed by atoms with van der Waals surface area (Å²) < 4.78 is 27.6. The molecule has 0 saturated carbocycles. The largest absolute Gasteiger partial charge is 0.341 e. The summed E-state index contributed by atoms with van der Waals surface area (Å²) in [5, 5.41) is 6.62. The zero-order valence-electron chi connectivity index (χ0n) is 21.6. The van der Waals surface area contributed by atoms with Crippen LogP contribution in [0.4, 0.5) is 26.0 Å². The number of amides is 1. The van der Waals surface area contributed by atoms with Crippen LogP contribution < -0.4 is 10.6 Å². The van der Waals surface area contributed by atoms with Crippen LogP contribution in [0.5, 0.6) is 0 Å². The molecule has 2 heterocycles. The van der Waals surface area contributed by atoms with Gasteiger partial charge in [0.15, 0.2) is 11.6 Å². The maximum atomic E-state index is 14.1. The van der Waals surface area contributed by atoms with E-state index in [0.717, 1.165) is 30.0 Å². The number of rotatable bonds is 11. The Hall–Kier alpha value is -3.74. The van der Waals surface area contributed by atoms with Gasteiger partial charge in [-0.05, 0) is 67.1 Å². The lowest BCUT2D eigenvalue weighted by Gasteiger charge is -2.16. The van der Waals surface area contributed by atoms with E-state index >= 15 is 0 Å². The zero-order chi connectivity index (χ0) is 26.4. The molecule has 2 aromatic heterocycles. The smallest absolute Gasteiger partial charge is 0.255 e. The lowest BCUT2D eigenvalue weighted by atomic mass is 9.89. The van der Waals surface area contributed by atoms with Gasteiger partial charge in [-0.3, -0.25) is 4.79 Å². The number of unbranched alkanes of at least 4 members (excludes halogenated alkanes) is 1. The van der Waals surface area contributed by atoms with Crippen molar-refractivity contribution >= 4 is 34.1 Å². The van der Waals surface area contributed by atoms with Crippen molar-refractivity contribution in [3.63, 3.8) is 0 Å². The van der Waals surface area contributed by atoms with Crippen LogP contribution >= 0.6 is 0 Å². The summed E-state index contributed by atoms with van der Waals surface area (Å²) in [5.41, 5.74) is 3.94. The highest BCUT2D eigenvalue weighted by atomic mass is 19.2. The van der Waals surface area contributed by atoms with Gasteiger partial charge in [-0.25, -0.2) is 13.8 Å². The first-order valence-electron chi connectivity index (χ1n) is 13.1. The van der Waals surface area contributed by atoms with Crippen LogP contribution in [0.2, 0.25) is 0 Å². The highest BCUT2D eigenvalue weighted by Crippen LogP contribution is 2.31. The summed E-state index contributed by atoms with van der Waals surface area (Å²) in [6.07, 6.45) is 6.49. The van der Waals surface area contributed by atoms with Crippen LogP contribution in [-0.4, -0.2) is 15.9 Å². The van der Waals surface area contributed by atoms with Crippen molar-refractivity contribution in [3.05, 3.63) is 83.1 Å². The second kappa shape index (κ2) is 12.0. The lowest BCUT2D eigenvalue weighted by molar-refractivity contribution is 0.102. The number of aryl methyl sites for hydroxylation is 1. The summed E-state index contributed by atoms with van der Waals surface area (Å²) in [6, 6.07) is 15.4. The SMILES string of the molecule is CCCCC(CCC)c1ccc(C(=O)Nc2c(CC)[nH]c3nc(Nc4cccc(F)c4F)ccc23)cc1. The van der Waals surface area contributed by atoms with E-state index in [9.17, 15) is 13.6 Å². The molecule has 0 aliphatic heterocycles. The van der Waals surface area contributed by atoms with Crippen LogP contribution in [0.1, 0.15) is 80.4 Å². The maximum absolute atomic E-state index is 14.1. The summed E-state index contributed by atoms with van der Waals surface area (Å²) in [6.45, 7) is 6.41. The van der Waals surface area contributed by atoms with Crippen molar-refractivity contribution in [1.29, 1.82) is 0 Å². The third kappa shape index (κ3) is 5.98. The van der Waals surface area contributed by atoms with Gasteiger partial charge < -0.3 is 15.6 Å². The molecule has 194 valence electrons. The predicted molar refractivity (Wildman–Crippen MR) is 147 cm³/mol. The number of carbonyl (C=O) groups is 1. The van der Waals surface area contributed by atoms with Gasteiger partial charge in [-0.2, -0.15) is 0 Å². The number of nitrogens with zero attached hydrogens (tertiary/aromatic N) is 1. The average Bonchev–Trinajstić information content (AvgIpc) is 3.25. The first-order valence-corrected chi connectivity index (χ1v) is 13.1. The van der Waals surface area contributed by atoms with E-state index in [1.165, 1.54) is 37.0 Å². The zero-order valence-corrected chi connectivity index (χ0v) is 21.6. The van der Waals surface area contributed by atoms with Gasteiger partial charge in [0, 0.05) is 16.6 Å². The number of nitrogens with one attached hydrogen (secondary N) is 3. The number of aromatic amines is 1. The van der Waals surface area contributed by atoms with Crippen LogP contribution in [0, 0.1) is 11.6 Å². The van der Waals surface area contributed by atoms with Crippen molar-refractivity contribution in [2.45, 2.75) is 65.2 Å². The van der Waals surface area contributed by atoms with Gasteiger partial charge in [0.05, 0.1) is 11.4 Å². The number of carbonyl (C=O) groups excluding carboxylic acids is 1. The summed E-state index contributed by atoms with van der Waals surface area (Å²) >= 11 is 0. The standard InChI is InChI=1S/C30H34F2N4O/c1-4-7-10-19(9-5-2)20-13-15-21(16-14-20)30(37)36-28-22-17-18-26(35-29(22)34-24(28)6-3)33-25-12-8-11-23(31)27(25)32/h8,11-19H,4-7,9-10H2,1-3H3,(H,36,37)(H2,33,34,35). The molecule has 1 atom stereocenters. The van der Waals surface area contributed by atoms with Gasteiger partial charge in [0.1, 0.15) is 11.5 Å². The second-order valence-electron chi connectivity index (χ2n) is 9.36. The Labute approximate surface area is 216 Å². The second-order valence-corrected chi connectivity index (χ2v) is 9.36. The van der Waals surface area contributed by atoms with E-state index in [1.807, 2.05) is 19.1 Å². The van der Waals surface area contributed by atoms with E-state index in [4.69, 9.17) is 0 Å². The number of H-pyrrole nitrogens is 1. The van der Waals surface area contributed by atoms with E-state index in [2.05, 4.69) is 46.6 Å². The fraction of sp³-hybridized carbons (Fsp3) is 0.333. The molecule has 0 aliphatic carbocycles. The Kier molecular flexibility index (Phi) is 8.54. The van der Waals surface area contributed by atoms with Crippen LogP contribution in [-0.2, 0) is 6.42 Å². The Morgan fingerprint density at radius 2 is 1.76 bits per heavy atom. The Balaban J connectivity index is 1.54. The molecule has 0 spiro atoms. The van der Waals surface area contributed by atoms with E-state index < -0.39 is 11.6 Å². The summed E-state index contributed by atoms with van der Waals surface area (Å²) in [7, 11) is 0. The molecule has 1 amide bonds. The predicted octanol–water partition coefficient (Wildman–Crippen LogP) is 8.47. The Morgan fingerprint density at radius 3 is 2.46 bits per heavy atom. The molecule has 0 aliphatic rings. The summed E-state index contributed by atoms with van der Waals surface area (Å²) in [4.78, 5) is 20.9. The number of aromatic nitrogens is 2. The quantitative estimate of drug-likeness (QED) is 0.192. The fourth-order valence-electron chi connectivity index (χ4n) is 4.71. The number of halogens is 2. The minimum atomic E-state index is -0.963. The van der Waals surface area contributed by atoms with Crippen molar-refractivity contribution in [2.75, 3.05) is 10.6 Å². The molecular formula is C30H34F2N4O. The lowest BCUT2D eigenvalue weighted by Crippen LogP contribution is -2.13. The third-order valence-electron chi connectivity index (χ3n) is 6.73.